The number of hydrogen-bond acceptors (Lipinski definition) is 3. The van der Waals surface area contributed by atoms with Crippen molar-refractivity contribution in [3.8, 4) is 0 Å². The second-order valence-corrected chi connectivity index (χ2v) is 6.11. The van der Waals surface area contributed by atoms with Gasteiger partial charge in [0, 0.05) is 18.8 Å². The Bertz CT molecular complexity index is 694. The van der Waals surface area contributed by atoms with Crippen LogP contribution in [0.25, 0.3) is 10.8 Å². The number of benzene rings is 2. The number of fused-ring (bicyclic) bond motifs is 1. The molecule has 2 aromatic carbocycles. The SMILES string of the molecule is CC1(O)CCCN(C(=O)c2cc3ccccc3cc2N)C1. The number of carbonyl (C=O) groups is 1. The maximum atomic E-state index is 12.7. The van der Waals surface area contributed by atoms with Gasteiger partial charge >= 0.3 is 0 Å². The van der Waals surface area contributed by atoms with Gasteiger partial charge in [-0.3, -0.25) is 4.79 Å². The summed E-state index contributed by atoms with van der Waals surface area (Å²) in [5, 5.41) is 12.2. The van der Waals surface area contributed by atoms with Crippen molar-refractivity contribution in [2.24, 2.45) is 0 Å². The number of nitrogen functional groups attached to an aromatic ring is 1. The van der Waals surface area contributed by atoms with Gasteiger partial charge in [0.05, 0.1) is 11.2 Å². The zero-order valence-electron chi connectivity index (χ0n) is 12.2. The highest BCUT2D eigenvalue weighted by Gasteiger charge is 2.31. The summed E-state index contributed by atoms with van der Waals surface area (Å²) < 4.78 is 0. The van der Waals surface area contributed by atoms with E-state index in [0.717, 1.165) is 23.6 Å². The Morgan fingerprint density at radius 2 is 1.95 bits per heavy atom. The number of rotatable bonds is 1. The fourth-order valence-corrected chi connectivity index (χ4v) is 3.01. The van der Waals surface area contributed by atoms with Gasteiger partial charge in [-0.15, -0.1) is 0 Å². The van der Waals surface area contributed by atoms with Crippen molar-refractivity contribution < 1.29 is 9.90 Å². The average Bonchev–Trinajstić information content (AvgIpc) is 2.44. The van der Waals surface area contributed by atoms with Gasteiger partial charge in [0.25, 0.3) is 5.91 Å². The van der Waals surface area contributed by atoms with Gasteiger partial charge < -0.3 is 15.7 Å². The number of amides is 1. The number of hydrogen-bond donors (Lipinski definition) is 2. The first-order valence-corrected chi connectivity index (χ1v) is 7.26. The highest BCUT2D eigenvalue weighted by atomic mass is 16.3. The minimum Gasteiger partial charge on any atom is -0.398 e. The Hall–Kier alpha value is -2.07. The van der Waals surface area contributed by atoms with Crippen LogP contribution in [0.3, 0.4) is 0 Å². The number of anilines is 1. The van der Waals surface area contributed by atoms with E-state index >= 15 is 0 Å². The van der Waals surface area contributed by atoms with E-state index in [2.05, 4.69) is 0 Å². The van der Waals surface area contributed by atoms with Crippen molar-refractivity contribution in [1.29, 1.82) is 0 Å². The fourth-order valence-electron chi connectivity index (χ4n) is 3.01. The molecule has 1 unspecified atom stereocenters. The molecule has 1 atom stereocenters. The molecular formula is C17H20N2O2. The number of β-amino-alcohol motifs (C(OH)–C–C–N with tert-alkyl or cyclic N) is 1. The van der Waals surface area contributed by atoms with Gasteiger partial charge in [-0.1, -0.05) is 24.3 Å². The van der Waals surface area contributed by atoms with Gasteiger partial charge in [-0.25, -0.2) is 0 Å². The minimum atomic E-state index is -0.806. The van der Waals surface area contributed by atoms with E-state index in [4.69, 9.17) is 5.73 Å². The summed E-state index contributed by atoms with van der Waals surface area (Å²) >= 11 is 0. The molecule has 2 aromatic rings. The molecule has 0 bridgehead atoms. The highest BCUT2D eigenvalue weighted by Crippen LogP contribution is 2.26. The standard InChI is InChI=1S/C17H20N2O2/c1-17(21)7-4-8-19(11-17)16(20)14-9-12-5-2-3-6-13(12)10-15(14)18/h2-3,5-6,9-10,21H,4,7-8,11,18H2,1H3. The third-order valence-corrected chi connectivity index (χ3v) is 4.11. The minimum absolute atomic E-state index is 0.0989. The smallest absolute Gasteiger partial charge is 0.256 e. The van der Waals surface area contributed by atoms with Gasteiger partial charge in [-0.05, 0) is 42.7 Å². The number of carbonyl (C=O) groups excluding carboxylic acids is 1. The van der Waals surface area contributed by atoms with Crippen LogP contribution in [0, 0.1) is 0 Å². The topological polar surface area (TPSA) is 66.6 Å². The van der Waals surface area contributed by atoms with Crippen LogP contribution >= 0.6 is 0 Å². The lowest BCUT2D eigenvalue weighted by Crippen LogP contribution is -2.48. The molecule has 0 radical (unpaired) electrons. The maximum Gasteiger partial charge on any atom is 0.256 e. The number of nitrogens with two attached hydrogens (primary N) is 1. The molecular weight excluding hydrogens is 264 g/mol. The summed E-state index contributed by atoms with van der Waals surface area (Å²) in [5.74, 6) is -0.0989. The lowest BCUT2D eigenvalue weighted by Gasteiger charge is -2.37. The molecule has 1 heterocycles. The van der Waals surface area contributed by atoms with Gasteiger partial charge in [0.15, 0.2) is 0 Å². The first kappa shape index (κ1) is 13.9. The first-order chi connectivity index (χ1) is 9.96. The Balaban J connectivity index is 1.96. The fraction of sp³-hybridized carbons (Fsp3) is 0.353. The predicted octanol–water partition coefficient (Wildman–Crippen LogP) is 2.41. The van der Waals surface area contributed by atoms with Crippen LogP contribution < -0.4 is 5.73 Å². The van der Waals surface area contributed by atoms with E-state index in [0.29, 0.717) is 24.3 Å². The Morgan fingerprint density at radius 1 is 1.29 bits per heavy atom. The van der Waals surface area contributed by atoms with Gasteiger partial charge in [0.1, 0.15) is 0 Å². The number of piperidine rings is 1. The molecule has 4 heteroatoms. The van der Waals surface area contributed by atoms with Crippen LogP contribution in [0.1, 0.15) is 30.1 Å². The number of aliphatic hydroxyl groups is 1. The molecule has 1 saturated heterocycles. The molecule has 0 saturated carbocycles. The monoisotopic (exact) mass is 284 g/mol. The van der Waals surface area contributed by atoms with E-state index in [1.807, 2.05) is 36.4 Å². The molecule has 3 rings (SSSR count). The van der Waals surface area contributed by atoms with Gasteiger partial charge in [0.2, 0.25) is 0 Å². The largest absolute Gasteiger partial charge is 0.398 e. The summed E-state index contributed by atoms with van der Waals surface area (Å²) in [6, 6.07) is 11.5. The zero-order valence-corrected chi connectivity index (χ0v) is 12.2. The molecule has 110 valence electrons. The van der Waals surface area contributed by atoms with E-state index < -0.39 is 5.60 Å². The van der Waals surface area contributed by atoms with Crippen LogP contribution in [0.4, 0.5) is 5.69 Å². The van der Waals surface area contributed by atoms with Crippen LogP contribution in [0.5, 0.6) is 0 Å². The summed E-state index contributed by atoms with van der Waals surface area (Å²) in [4.78, 5) is 14.4. The van der Waals surface area contributed by atoms with Crippen molar-refractivity contribution in [1.82, 2.24) is 4.90 Å². The molecule has 3 N–H and O–H groups in total. The summed E-state index contributed by atoms with van der Waals surface area (Å²) in [6.45, 7) is 2.80. The first-order valence-electron chi connectivity index (χ1n) is 7.26. The van der Waals surface area contributed by atoms with Crippen molar-refractivity contribution in [2.75, 3.05) is 18.8 Å². The molecule has 21 heavy (non-hydrogen) atoms. The van der Waals surface area contributed by atoms with E-state index in [1.165, 1.54) is 0 Å². The highest BCUT2D eigenvalue weighted by molar-refractivity contribution is 6.04. The second-order valence-electron chi connectivity index (χ2n) is 6.11. The second kappa shape index (κ2) is 5.04. The lowest BCUT2D eigenvalue weighted by atomic mass is 9.94. The summed E-state index contributed by atoms with van der Waals surface area (Å²) in [5.41, 5.74) is 6.26. The molecule has 0 spiro atoms. The van der Waals surface area contributed by atoms with Crippen LogP contribution in [0.15, 0.2) is 36.4 Å². The number of nitrogens with zero attached hydrogens (tertiary/aromatic N) is 1. The zero-order chi connectivity index (χ0) is 15.0. The molecule has 1 fully saturated rings. The van der Waals surface area contributed by atoms with Crippen molar-refractivity contribution in [3.63, 3.8) is 0 Å². The van der Waals surface area contributed by atoms with E-state index in [1.54, 1.807) is 11.8 Å². The third kappa shape index (κ3) is 2.72. The van der Waals surface area contributed by atoms with Crippen LogP contribution in [0.2, 0.25) is 0 Å². The van der Waals surface area contributed by atoms with Crippen molar-refractivity contribution >= 4 is 22.4 Å². The summed E-state index contributed by atoms with van der Waals surface area (Å²) in [7, 11) is 0. The molecule has 0 aliphatic carbocycles. The number of likely N-dealkylation sites (tertiary alicyclic amines) is 1. The average molecular weight is 284 g/mol. The lowest BCUT2D eigenvalue weighted by molar-refractivity contribution is -0.0107. The van der Waals surface area contributed by atoms with E-state index in [-0.39, 0.29) is 5.91 Å². The van der Waals surface area contributed by atoms with Crippen LogP contribution in [-0.2, 0) is 0 Å². The Labute approximate surface area is 124 Å². The quantitative estimate of drug-likeness (QED) is 0.790. The normalized spacial score (nSPS) is 22.5. The van der Waals surface area contributed by atoms with E-state index in [9.17, 15) is 9.90 Å². The molecule has 1 aliphatic rings. The van der Waals surface area contributed by atoms with Crippen LogP contribution in [-0.4, -0.2) is 34.6 Å². The maximum absolute atomic E-state index is 12.7. The summed E-state index contributed by atoms with van der Waals surface area (Å²) in [6.07, 6.45) is 1.54. The van der Waals surface area contributed by atoms with Crippen molar-refractivity contribution in [3.05, 3.63) is 42.0 Å². The molecule has 0 aromatic heterocycles. The molecule has 1 aliphatic heterocycles. The Kier molecular flexibility index (Phi) is 3.33. The molecule has 4 nitrogen and oxygen atoms in total. The third-order valence-electron chi connectivity index (χ3n) is 4.11. The predicted molar refractivity (Wildman–Crippen MR) is 84.1 cm³/mol. The Morgan fingerprint density at radius 3 is 2.62 bits per heavy atom. The molecule has 1 amide bonds. The van der Waals surface area contributed by atoms with Gasteiger partial charge in [-0.2, -0.15) is 0 Å². The van der Waals surface area contributed by atoms with Crippen molar-refractivity contribution in [2.45, 2.75) is 25.4 Å².